The number of hydrogen-bond acceptors (Lipinski definition) is 4. The van der Waals surface area contributed by atoms with Gasteiger partial charge in [-0.15, -0.1) is 0 Å². The zero-order valence-corrected chi connectivity index (χ0v) is 6.73. The first-order valence-corrected chi connectivity index (χ1v) is 3.68. The predicted octanol–water partition coefficient (Wildman–Crippen LogP) is -1.79. The smallest absolute Gasteiger partial charge is 0.372 e. The Morgan fingerprint density at radius 1 is 1.00 bits per heavy atom. The second kappa shape index (κ2) is 3.43. The zero-order chi connectivity index (χ0) is 7.56. The molecule has 1 aliphatic rings. The second-order valence-electron chi connectivity index (χ2n) is 2.67. The molecular weight excluding hydrogens is 124 g/mol. The van der Waals surface area contributed by atoms with Gasteiger partial charge in [0.2, 0.25) is 0 Å². The molecule has 0 radical (unpaired) electrons. The molecule has 0 aromatic carbocycles. The van der Waals surface area contributed by atoms with Crippen molar-refractivity contribution in [2.75, 3.05) is 7.05 Å². The highest BCUT2D eigenvalue weighted by atomic mass is 15.1. The van der Waals surface area contributed by atoms with Crippen molar-refractivity contribution in [2.45, 2.75) is 13.6 Å². The molecule has 1 fully saturated rings. The summed E-state index contributed by atoms with van der Waals surface area (Å²) in [6, 6.07) is 0. The summed E-state index contributed by atoms with van der Waals surface area (Å²) in [6.45, 7) is 4.94. The quantitative estimate of drug-likeness (QED) is 0.323. The molecule has 0 unspecified atom stereocenters. The van der Waals surface area contributed by atoms with E-state index in [4.69, 9.17) is 0 Å². The predicted molar refractivity (Wildman–Crippen MR) is 47.5 cm³/mol. The van der Waals surface area contributed by atoms with Crippen LogP contribution in [0.3, 0.4) is 0 Å². The Hall–Kier alpha value is 0.0348. The Kier molecular flexibility index (Phi) is 2.79. The van der Waals surface area contributed by atoms with Crippen LogP contribution in [-0.4, -0.2) is 28.1 Å². The molecule has 4 nitrogen and oxygen atoms in total. The first-order chi connectivity index (χ1) is 4.72. The lowest BCUT2D eigenvalue weighted by Crippen LogP contribution is -2.76. The van der Waals surface area contributed by atoms with Crippen LogP contribution in [-0.2, 0) is 0 Å². The Morgan fingerprint density at radius 3 is 1.90 bits per heavy atom. The molecule has 1 aliphatic heterocycles. The summed E-state index contributed by atoms with van der Waals surface area (Å²) in [5.41, 5.74) is 0. The molecule has 0 bridgehead atoms. The molecule has 0 aromatic rings. The van der Waals surface area contributed by atoms with Crippen molar-refractivity contribution < 1.29 is 0 Å². The fourth-order valence-electron chi connectivity index (χ4n) is 1.19. The highest BCUT2D eigenvalue weighted by Crippen LogP contribution is 1.81. The van der Waals surface area contributed by atoms with Gasteiger partial charge in [0.25, 0.3) is 14.0 Å². The molecule has 1 heterocycles. The first-order valence-electron chi connectivity index (χ1n) is 3.68. The Morgan fingerprint density at radius 2 is 1.50 bits per heavy atom. The van der Waals surface area contributed by atoms with E-state index in [-0.39, 0.29) is 7.12 Å². The van der Waals surface area contributed by atoms with Crippen molar-refractivity contribution in [1.29, 1.82) is 0 Å². The third-order valence-electron chi connectivity index (χ3n) is 1.62. The first kappa shape index (κ1) is 8.13. The van der Waals surface area contributed by atoms with Crippen molar-refractivity contribution in [2.24, 2.45) is 0 Å². The highest BCUT2D eigenvalue weighted by Gasteiger charge is 2.28. The molecule has 0 saturated carbocycles. The Bertz CT molecular complexity index is 102. The maximum Gasteiger partial charge on any atom is 0.374 e. The summed E-state index contributed by atoms with van der Waals surface area (Å²) in [5.74, 6) is 0. The largest absolute Gasteiger partial charge is 0.374 e. The SMILES string of the molecule is CNB1NB(C)NB(C)N1. The number of hydrogen-bond donors (Lipinski definition) is 4. The van der Waals surface area contributed by atoms with Gasteiger partial charge in [0.15, 0.2) is 0 Å². The van der Waals surface area contributed by atoms with Gasteiger partial charge in [-0.25, -0.2) is 0 Å². The summed E-state index contributed by atoms with van der Waals surface area (Å²) >= 11 is 0. The third-order valence-corrected chi connectivity index (χ3v) is 1.62. The molecule has 54 valence electrons. The van der Waals surface area contributed by atoms with Gasteiger partial charge in [0.05, 0.1) is 0 Å². The molecule has 0 amide bonds. The van der Waals surface area contributed by atoms with E-state index in [0.29, 0.717) is 14.0 Å². The van der Waals surface area contributed by atoms with E-state index in [1.165, 1.54) is 0 Å². The van der Waals surface area contributed by atoms with Crippen LogP contribution in [0.4, 0.5) is 0 Å². The van der Waals surface area contributed by atoms with Crippen LogP contribution in [0.15, 0.2) is 0 Å². The van der Waals surface area contributed by atoms with Gasteiger partial charge < -0.3 is 20.6 Å². The lowest BCUT2D eigenvalue weighted by molar-refractivity contribution is 1.05. The van der Waals surface area contributed by atoms with Crippen molar-refractivity contribution in [3.63, 3.8) is 0 Å². The van der Waals surface area contributed by atoms with Crippen molar-refractivity contribution >= 4 is 21.1 Å². The second-order valence-corrected chi connectivity index (χ2v) is 2.67. The van der Waals surface area contributed by atoms with Crippen LogP contribution in [0, 0.1) is 0 Å². The van der Waals surface area contributed by atoms with Gasteiger partial charge in [0.1, 0.15) is 0 Å². The zero-order valence-electron chi connectivity index (χ0n) is 6.73. The minimum absolute atomic E-state index is 0.228. The molecule has 0 aromatic heterocycles. The van der Waals surface area contributed by atoms with Crippen molar-refractivity contribution in [1.82, 2.24) is 20.6 Å². The van der Waals surface area contributed by atoms with E-state index in [2.05, 4.69) is 34.3 Å². The van der Waals surface area contributed by atoms with E-state index >= 15 is 0 Å². The molecule has 10 heavy (non-hydrogen) atoms. The average Bonchev–Trinajstić information content (AvgIpc) is 1.85. The molecular formula is C3H13B3N4. The molecule has 0 spiro atoms. The van der Waals surface area contributed by atoms with Crippen LogP contribution in [0.2, 0.25) is 13.6 Å². The summed E-state index contributed by atoms with van der Waals surface area (Å²) in [4.78, 5) is 0. The average molecular weight is 138 g/mol. The van der Waals surface area contributed by atoms with E-state index in [9.17, 15) is 0 Å². The fourth-order valence-corrected chi connectivity index (χ4v) is 1.19. The monoisotopic (exact) mass is 138 g/mol. The lowest BCUT2D eigenvalue weighted by Gasteiger charge is -2.29. The van der Waals surface area contributed by atoms with Gasteiger partial charge >= 0.3 is 7.12 Å². The van der Waals surface area contributed by atoms with Gasteiger partial charge in [-0.1, -0.05) is 13.6 Å². The van der Waals surface area contributed by atoms with Crippen LogP contribution >= 0.6 is 0 Å². The van der Waals surface area contributed by atoms with Gasteiger partial charge in [-0.3, -0.25) is 0 Å². The number of rotatable bonds is 1. The van der Waals surface area contributed by atoms with Crippen LogP contribution in [0.25, 0.3) is 0 Å². The topological polar surface area (TPSA) is 48.1 Å². The maximum atomic E-state index is 3.28. The lowest BCUT2D eigenvalue weighted by atomic mass is 9.55. The normalized spacial score (nSPS) is 20.1. The maximum absolute atomic E-state index is 3.28. The summed E-state index contributed by atoms with van der Waals surface area (Å²) in [7, 11) is 2.15. The summed E-state index contributed by atoms with van der Waals surface area (Å²) in [6.07, 6.45) is 0. The van der Waals surface area contributed by atoms with E-state index in [1.807, 2.05) is 7.05 Å². The molecule has 0 aliphatic carbocycles. The number of nitrogens with one attached hydrogen (secondary N) is 4. The van der Waals surface area contributed by atoms with Crippen LogP contribution in [0.1, 0.15) is 0 Å². The van der Waals surface area contributed by atoms with E-state index < -0.39 is 0 Å². The minimum atomic E-state index is 0.228. The molecule has 4 N–H and O–H groups in total. The molecule has 0 atom stereocenters. The summed E-state index contributed by atoms with van der Waals surface area (Å²) < 4.78 is 0. The van der Waals surface area contributed by atoms with Gasteiger partial charge in [-0.05, 0) is 7.05 Å². The van der Waals surface area contributed by atoms with Crippen molar-refractivity contribution in [3.8, 4) is 0 Å². The highest BCUT2D eigenvalue weighted by molar-refractivity contribution is 6.85. The third kappa shape index (κ3) is 2.02. The molecule has 7 heteroatoms. The fraction of sp³-hybridized carbons (Fsp3) is 1.00. The van der Waals surface area contributed by atoms with Crippen LogP contribution < -0.4 is 20.6 Å². The van der Waals surface area contributed by atoms with Crippen molar-refractivity contribution in [3.05, 3.63) is 0 Å². The van der Waals surface area contributed by atoms with Crippen LogP contribution in [0.5, 0.6) is 0 Å². The minimum Gasteiger partial charge on any atom is -0.372 e. The standard InChI is InChI=1S/C3H13B3N4/c1-4-8-5(2)10-6(7-3)9-4/h7-10H,1-3H3. The Labute approximate surface area is 63.3 Å². The Balaban J connectivity index is 2.35. The van der Waals surface area contributed by atoms with E-state index in [0.717, 1.165) is 0 Å². The molecule has 1 rings (SSSR count). The molecule has 1 saturated heterocycles. The van der Waals surface area contributed by atoms with Gasteiger partial charge in [0, 0.05) is 0 Å². The van der Waals surface area contributed by atoms with Gasteiger partial charge in [-0.2, -0.15) is 0 Å². The van der Waals surface area contributed by atoms with E-state index in [1.54, 1.807) is 0 Å². The summed E-state index contributed by atoms with van der Waals surface area (Å²) in [5, 5.41) is 12.9.